The van der Waals surface area contributed by atoms with Crippen LogP contribution in [0.15, 0.2) is 37.6 Å². The van der Waals surface area contributed by atoms with Crippen LogP contribution in [0.25, 0.3) is 0 Å². The summed E-state index contributed by atoms with van der Waals surface area (Å²) in [5.41, 5.74) is 0.124. The quantitative estimate of drug-likeness (QED) is 0.731. The standard InChI is InChI=1S/C11H13N3O2/c1-3-7-14(8-4-2)10-9(11(15)16)5-6-12-13-10/h3-6H,1-2,7-8H2,(H,15,16). The zero-order chi connectivity index (χ0) is 12.0. The van der Waals surface area contributed by atoms with Crippen molar-refractivity contribution >= 4 is 11.8 Å². The van der Waals surface area contributed by atoms with Crippen molar-refractivity contribution in [3.8, 4) is 0 Å². The topological polar surface area (TPSA) is 66.3 Å². The van der Waals surface area contributed by atoms with Crippen LogP contribution in [0.1, 0.15) is 10.4 Å². The lowest BCUT2D eigenvalue weighted by Gasteiger charge is -2.20. The van der Waals surface area contributed by atoms with Gasteiger partial charge in [-0.25, -0.2) is 4.79 Å². The van der Waals surface area contributed by atoms with Crippen LogP contribution in [0.5, 0.6) is 0 Å². The largest absolute Gasteiger partial charge is 0.478 e. The van der Waals surface area contributed by atoms with Gasteiger partial charge in [-0.15, -0.1) is 18.3 Å². The van der Waals surface area contributed by atoms with Gasteiger partial charge in [0.2, 0.25) is 0 Å². The van der Waals surface area contributed by atoms with Crippen LogP contribution >= 0.6 is 0 Å². The molecule has 0 aliphatic carbocycles. The minimum atomic E-state index is -1.02. The summed E-state index contributed by atoms with van der Waals surface area (Å²) in [5, 5.41) is 16.5. The Labute approximate surface area is 93.7 Å². The fourth-order valence-corrected chi connectivity index (χ4v) is 1.28. The average Bonchev–Trinajstić information content (AvgIpc) is 2.29. The third-order valence-corrected chi connectivity index (χ3v) is 1.93. The predicted molar refractivity (Wildman–Crippen MR) is 61.6 cm³/mol. The van der Waals surface area contributed by atoms with Gasteiger partial charge >= 0.3 is 5.97 Å². The van der Waals surface area contributed by atoms with Gasteiger partial charge in [-0.3, -0.25) is 0 Å². The number of hydrogen-bond acceptors (Lipinski definition) is 4. The Morgan fingerprint density at radius 3 is 2.56 bits per heavy atom. The van der Waals surface area contributed by atoms with Crippen molar-refractivity contribution in [2.45, 2.75) is 0 Å². The normalized spacial score (nSPS) is 9.50. The van der Waals surface area contributed by atoms with Crippen LogP contribution in [0, 0.1) is 0 Å². The van der Waals surface area contributed by atoms with Gasteiger partial charge in [0.05, 0.1) is 6.20 Å². The van der Waals surface area contributed by atoms with E-state index in [4.69, 9.17) is 5.11 Å². The first-order chi connectivity index (χ1) is 7.70. The second-order valence-electron chi connectivity index (χ2n) is 3.06. The molecule has 0 atom stereocenters. The van der Waals surface area contributed by atoms with Gasteiger partial charge in [0.15, 0.2) is 5.82 Å². The van der Waals surface area contributed by atoms with Crippen LogP contribution in [0.3, 0.4) is 0 Å². The van der Waals surface area contributed by atoms with E-state index in [1.165, 1.54) is 12.3 Å². The lowest BCUT2D eigenvalue weighted by molar-refractivity contribution is 0.0697. The number of anilines is 1. The van der Waals surface area contributed by atoms with E-state index in [1.54, 1.807) is 17.1 Å². The fraction of sp³-hybridized carbons (Fsp3) is 0.182. The molecule has 0 bridgehead atoms. The molecule has 1 heterocycles. The minimum absolute atomic E-state index is 0.124. The lowest BCUT2D eigenvalue weighted by atomic mass is 10.2. The van der Waals surface area contributed by atoms with Crippen LogP contribution in [0.4, 0.5) is 5.82 Å². The van der Waals surface area contributed by atoms with Gasteiger partial charge in [-0.05, 0) is 6.07 Å². The second kappa shape index (κ2) is 5.65. The number of aromatic carboxylic acids is 1. The summed E-state index contributed by atoms with van der Waals surface area (Å²) >= 11 is 0. The Morgan fingerprint density at radius 2 is 2.06 bits per heavy atom. The predicted octanol–water partition coefficient (Wildman–Crippen LogP) is 1.35. The Balaban J connectivity index is 3.11. The first-order valence-corrected chi connectivity index (χ1v) is 4.72. The van der Waals surface area contributed by atoms with Crippen LogP contribution in [-0.4, -0.2) is 34.4 Å². The van der Waals surface area contributed by atoms with Crippen LogP contribution in [0.2, 0.25) is 0 Å². The molecule has 0 saturated heterocycles. The molecule has 0 aliphatic heterocycles. The molecule has 1 aromatic rings. The Bertz CT molecular complexity index is 394. The van der Waals surface area contributed by atoms with Crippen molar-refractivity contribution in [3.63, 3.8) is 0 Å². The molecule has 0 radical (unpaired) electrons. The molecule has 1 N–H and O–H groups in total. The number of carboxylic acids is 1. The van der Waals surface area contributed by atoms with Gasteiger partial charge in [0, 0.05) is 13.1 Å². The molecule has 0 spiro atoms. The van der Waals surface area contributed by atoms with E-state index in [0.717, 1.165) is 0 Å². The molecular weight excluding hydrogens is 206 g/mol. The second-order valence-corrected chi connectivity index (χ2v) is 3.06. The highest BCUT2D eigenvalue weighted by atomic mass is 16.4. The Hall–Kier alpha value is -2.17. The molecule has 1 rings (SSSR count). The zero-order valence-electron chi connectivity index (χ0n) is 8.83. The molecule has 1 aromatic heterocycles. The van der Waals surface area contributed by atoms with Crippen LogP contribution < -0.4 is 4.90 Å². The number of rotatable bonds is 6. The van der Waals surface area contributed by atoms with Crippen molar-refractivity contribution in [1.29, 1.82) is 0 Å². The number of hydrogen-bond donors (Lipinski definition) is 1. The van der Waals surface area contributed by atoms with E-state index >= 15 is 0 Å². The molecule has 5 heteroatoms. The molecular formula is C11H13N3O2. The van der Waals surface area contributed by atoms with E-state index in [2.05, 4.69) is 23.4 Å². The maximum absolute atomic E-state index is 11.0. The van der Waals surface area contributed by atoms with Gasteiger partial charge in [0.25, 0.3) is 0 Å². The van der Waals surface area contributed by atoms with Crippen molar-refractivity contribution in [2.75, 3.05) is 18.0 Å². The molecule has 0 fully saturated rings. The summed E-state index contributed by atoms with van der Waals surface area (Å²) in [5.74, 6) is -0.696. The number of nitrogens with zero attached hydrogens (tertiary/aromatic N) is 3. The number of aromatic nitrogens is 2. The van der Waals surface area contributed by atoms with E-state index < -0.39 is 5.97 Å². The number of carbonyl (C=O) groups is 1. The third kappa shape index (κ3) is 2.66. The zero-order valence-corrected chi connectivity index (χ0v) is 8.83. The summed E-state index contributed by atoms with van der Waals surface area (Å²) in [6.07, 6.45) is 4.70. The molecule has 16 heavy (non-hydrogen) atoms. The molecule has 0 amide bonds. The SMILES string of the molecule is C=CCN(CC=C)c1nnccc1C(=O)O. The Morgan fingerprint density at radius 1 is 1.44 bits per heavy atom. The molecule has 84 valence electrons. The maximum Gasteiger partial charge on any atom is 0.339 e. The highest BCUT2D eigenvalue weighted by Gasteiger charge is 2.15. The number of carboxylic acid groups (broad SMARTS) is 1. The highest BCUT2D eigenvalue weighted by molar-refractivity contribution is 5.93. The first kappa shape index (κ1) is 11.9. The highest BCUT2D eigenvalue weighted by Crippen LogP contribution is 2.15. The fourth-order valence-electron chi connectivity index (χ4n) is 1.28. The van der Waals surface area contributed by atoms with Gasteiger partial charge in [-0.2, -0.15) is 5.10 Å². The average molecular weight is 219 g/mol. The molecule has 5 nitrogen and oxygen atoms in total. The van der Waals surface area contributed by atoms with Crippen molar-refractivity contribution in [1.82, 2.24) is 10.2 Å². The van der Waals surface area contributed by atoms with E-state index in [0.29, 0.717) is 18.9 Å². The third-order valence-electron chi connectivity index (χ3n) is 1.93. The first-order valence-electron chi connectivity index (χ1n) is 4.72. The smallest absolute Gasteiger partial charge is 0.339 e. The van der Waals surface area contributed by atoms with Crippen molar-refractivity contribution < 1.29 is 9.90 Å². The minimum Gasteiger partial charge on any atom is -0.478 e. The van der Waals surface area contributed by atoms with Gasteiger partial charge < -0.3 is 10.0 Å². The summed E-state index contributed by atoms with van der Waals surface area (Å²) in [7, 11) is 0. The van der Waals surface area contributed by atoms with Crippen LogP contribution in [-0.2, 0) is 0 Å². The molecule has 0 aromatic carbocycles. The van der Waals surface area contributed by atoms with E-state index in [9.17, 15) is 4.79 Å². The summed E-state index contributed by atoms with van der Waals surface area (Å²) in [6.45, 7) is 8.20. The summed E-state index contributed by atoms with van der Waals surface area (Å²) in [6, 6.07) is 1.42. The molecule has 0 saturated carbocycles. The van der Waals surface area contributed by atoms with E-state index in [1.807, 2.05) is 0 Å². The molecule has 0 aliphatic rings. The van der Waals surface area contributed by atoms with Crippen molar-refractivity contribution in [3.05, 3.63) is 43.1 Å². The van der Waals surface area contributed by atoms with E-state index in [-0.39, 0.29) is 5.56 Å². The molecule has 0 unspecified atom stereocenters. The maximum atomic E-state index is 11.0. The Kier molecular flexibility index (Phi) is 4.20. The van der Waals surface area contributed by atoms with Crippen molar-refractivity contribution in [2.24, 2.45) is 0 Å². The van der Waals surface area contributed by atoms with Gasteiger partial charge in [-0.1, -0.05) is 12.2 Å². The monoisotopic (exact) mass is 219 g/mol. The lowest BCUT2D eigenvalue weighted by Crippen LogP contribution is -2.26. The summed E-state index contributed by atoms with van der Waals surface area (Å²) in [4.78, 5) is 12.7. The summed E-state index contributed by atoms with van der Waals surface area (Å²) < 4.78 is 0. The van der Waals surface area contributed by atoms with Gasteiger partial charge in [0.1, 0.15) is 5.56 Å².